The summed E-state index contributed by atoms with van der Waals surface area (Å²) in [4.78, 5) is 11.3. The van der Waals surface area contributed by atoms with Gasteiger partial charge in [0.25, 0.3) is 0 Å². The molecule has 0 aliphatic heterocycles. The molecule has 0 N–H and O–H groups in total. The van der Waals surface area contributed by atoms with Crippen molar-refractivity contribution in [2.75, 3.05) is 13.2 Å². The number of ether oxygens (including phenoxy) is 2. The predicted octanol–water partition coefficient (Wildman–Crippen LogP) is 5.01. The number of aldehydes is 1. The molecule has 0 atom stereocenters. The Morgan fingerprint density at radius 2 is 1.64 bits per heavy atom. The maximum absolute atomic E-state index is 11.3. The van der Waals surface area contributed by atoms with Crippen LogP contribution in [0, 0.1) is 0 Å². The molecular weight excluding hydrogens is 276 g/mol. The predicted molar refractivity (Wildman–Crippen MR) is 90.1 cm³/mol. The summed E-state index contributed by atoms with van der Waals surface area (Å²) in [6.45, 7) is 5.59. The fourth-order valence-corrected chi connectivity index (χ4v) is 2.29. The molecule has 0 fully saturated rings. The Hall–Kier alpha value is -2.03. The van der Waals surface area contributed by atoms with Crippen molar-refractivity contribution in [2.45, 2.75) is 39.5 Å². The van der Waals surface area contributed by atoms with Crippen LogP contribution in [0.2, 0.25) is 0 Å². The number of unbranched alkanes of at least 4 members (excludes halogenated alkanes) is 2. The molecule has 22 heavy (non-hydrogen) atoms. The first-order valence-electron chi connectivity index (χ1n) is 8.07. The van der Waals surface area contributed by atoms with Crippen molar-refractivity contribution in [3.63, 3.8) is 0 Å². The molecule has 2 aromatic carbocycles. The molecule has 118 valence electrons. The molecule has 0 amide bonds. The monoisotopic (exact) mass is 300 g/mol. The maximum atomic E-state index is 11.3. The molecule has 0 aliphatic rings. The van der Waals surface area contributed by atoms with E-state index in [9.17, 15) is 4.79 Å². The number of carbonyl (C=O) groups excluding carboxylic acids is 1. The van der Waals surface area contributed by atoms with E-state index in [0.717, 1.165) is 48.5 Å². The van der Waals surface area contributed by atoms with Gasteiger partial charge in [-0.25, -0.2) is 0 Å². The zero-order valence-electron chi connectivity index (χ0n) is 13.4. The van der Waals surface area contributed by atoms with Crippen LogP contribution in [0.1, 0.15) is 49.9 Å². The Kier molecular flexibility index (Phi) is 6.26. The van der Waals surface area contributed by atoms with Crippen LogP contribution in [-0.4, -0.2) is 19.5 Å². The van der Waals surface area contributed by atoms with Crippen molar-refractivity contribution in [3.05, 3.63) is 35.9 Å². The van der Waals surface area contributed by atoms with Gasteiger partial charge in [0.2, 0.25) is 0 Å². The van der Waals surface area contributed by atoms with Gasteiger partial charge in [-0.05, 0) is 36.4 Å². The zero-order chi connectivity index (χ0) is 15.8. The number of fused-ring (bicyclic) bond motifs is 1. The molecule has 3 nitrogen and oxygen atoms in total. The van der Waals surface area contributed by atoms with Gasteiger partial charge in [-0.2, -0.15) is 0 Å². The Balaban J connectivity index is 2.33. The van der Waals surface area contributed by atoms with Gasteiger partial charge in [0.1, 0.15) is 11.5 Å². The van der Waals surface area contributed by atoms with Crippen molar-refractivity contribution < 1.29 is 14.3 Å². The summed E-state index contributed by atoms with van der Waals surface area (Å²) in [7, 11) is 0. The topological polar surface area (TPSA) is 35.5 Å². The molecule has 0 aromatic heterocycles. The summed E-state index contributed by atoms with van der Waals surface area (Å²) in [5, 5.41) is 2.00. The van der Waals surface area contributed by atoms with Crippen molar-refractivity contribution in [2.24, 2.45) is 0 Å². The highest BCUT2D eigenvalue weighted by Gasteiger charge is 2.09. The Morgan fingerprint density at radius 3 is 2.27 bits per heavy atom. The second kappa shape index (κ2) is 8.42. The average Bonchev–Trinajstić information content (AvgIpc) is 2.55. The lowest BCUT2D eigenvalue weighted by Crippen LogP contribution is -2.01. The number of carbonyl (C=O) groups is 1. The third kappa shape index (κ3) is 4.00. The van der Waals surface area contributed by atoms with Crippen LogP contribution in [0.3, 0.4) is 0 Å². The van der Waals surface area contributed by atoms with Gasteiger partial charge in [-0.3, -0.25) is 4.79 Å². The van der Waals surface area contributed by atoms with Gasteiger partial charge in [0.15, 0.2) is 6.29 Å². The van der Waals surface area contributed by atoms with Crippen LogP contribution >= 0.6 is 0 Å². The second-order valence-corrected chi connectivity index (χ2v) is 5.39. The number of hydrogen-bond donors (Lipinski definition) is 0. The molecule has 0 bridgehead atoms. The van der Waals surface area contributed by atoms with E-state index in [0.29, 0.717) is 24.5 Å². The molecule has 0 unspecified atom stereocenters. The zero-order valence-corrected chi connectivity index (χ0v) is 13.4. The molecule has 2 aromatic rings. The third-order valence-corrected chi connectivity index (χ3v) is 3.61. The van der Waals surface area contributed by atoms with Gasteiger partial charge >= 0.3 is 0 Å². The van der Waals surface area contributed by atoms with E-state index in [-0.39, 0.29) is 0 Å². The largest absolute Gasteiger partial charge is 0.493 e. The molecule has 0 spiro atoms. The fourth-order valence-electron chi connectivity index (χ4n) is 2.29. The number of rotatable bonds is 9. The lowest BCUT2D eigenvalue weighted by Gasteiger charge is -2.13. The van der Waals surface area contributed by atoms with Crippen LogP contribution < -0.4 is 9.47 Å². The van der Waals surface area contributed by atoms with Crippen molar-refractivity contribution in [1.29, 1.82) is 0 Å². The SMILES string of the molecule is CCCCOc1cc2c(OCCCC)cccc2cc1C=O. The molecule has 0 radical (unpaired) electrons. The Bertz CT molecular complexity index is 619. The van der Waals surface area contributed by atoms with E-state index in [2.05, 4.69) is 13.8 Å². The fraction of sp³-hybridized carbons (Fsp3) is 0.421. The smallest absolute Gasteiger partial charge is 0.153 e. The van der Waals surface area contributed by atoms with Crippen LogP contribution in [0.5, 0.6) is 11.5 Å². The molecule has 0 saturated carbocycles. The highest BCUT2D eigenvalue weighted by Crippen LogP contribution is 2.32. The Labute approximate surface area is 132 Å². The first kappa shape index (κ1) is 16.3. The minimum atomic E-state index is 0.592. The van der Waals surface area contributed by atoms with E-state index >= 15 is 0 Å². The van der Waals surface area contributed by atoms with Crippen LogP contribution in [-0.2, 0) is 0 Å². The van der Waals surface area contributed by atoms with Crippen LogP contribution in [0.15, 0.2) is 30.3 Å². The highest BCUT2D eigenvalue weighted by molar-refractivity contribution is 5.95. The van der Waals surface area contributed by atoms with E-state index in [1.165, 1.54) is 0 Å². The lowest BCUT2D eigenvalue weighted by molar-refractivity contribution is 0.111. The summed E-state index contributed by atoms with van der Waals surface area (Å²) in [6.07, 6.45) is 5.03. The molecule has 0 aliphatic carbocycles. The number of benzene rings is 2. The van der Waals surface area contributed by atoms with Crippen LogP contribution in [0.4, 0.5) is 0 Å². The van der Waals surface area contributed by atoms with Gasteiger partial charge in [-0.15, -0.1) is 0 Å². The first-order valence-corrected chi connectivity index (χ1v) is 8.07. The molecule has 0 heterocycles. The number of hydrogen-bond acceptors (Lipinski definition) is 3. The van der Waals surface area contributed by atoms with Gasteiger partial charge in [-0.1, -0.05) is 38.8 Å². The van der Waals surface area contributed by atoms with E-state index < -0.39 is 0 Å². The standard InChI is InChI=1S/C19H24O3/c1-3-5-10-21-18-9-7-8-15-12-16(14-20)19(13-17(15)18)22-11-6-4-2/h7-9,12-14H,3-6,10-11H2,1-2H3. The summed E-state index contributed by atoms with van der Waals surface area (Å²) in [5.41, 5.74) is 0.592. The third-order valence-electron chi connectivity index (χ3n) is 3.61. The van der Waals surface area contributed by atoms with E-state index in [1.54, 1.807) is 0 Å². The summed E-state index contributed by atoms with van der Waals surface area (Å²) in [5.74, 6) is 1.49. The molecule has 0 saturated heterocycles. The minimum Gasteiger partial charge on any atom is -0.493 e. The van der Waals surface area contributed by atoms with Crippen molar-refractivity contribution >= 4 is 17.1 Å². The highest BCUT2D eigenvalue weighted by atomic mass is 16.5. The van der Waals surface area contributed by atoms with Crippen molar-refractivity contribution in [3.8, 4) is 11.5 Å². The normalized spacial score (nSPS) is 10.6. The lowest BCUT2D eigenvalue weighted by atomic mass is 10.1. The summed E-state index contributed by atoms with van der Waals surface area (Å²) >= 11 is 0. The quantitative estimate of drug-likeness (QED) is 0.482. The molecular formula is C19H24O3. The van der Waals surface area contributed by atoms with Crippen LogP contribution in [0.25, 0.3) is 10.8 Å². The summed E-state index contributed by atoms with van der Waals surface area (Å²) in [6, 6.07) is 9.71. The van der Waals surface area contributed by atoms with E-state index in [1.807, 2.05) is 30.3 Å². The van der Waals surface area contributed by atoms with Crippen molar-refractivity contribution in [1.82, 2.24) is 0 Å². The van der Waals surface area contributed by atoms with Gasteiger partial charge in [0.05, 0.1) is 18.8 Å². The Morgan fingerprint density at radius 1 is 0.955 bits per heavy atom. The second-order valence-electron chi connectivity index (χ2n) is 5.39. The minimum absolute atomic E-state index is 0.592. The maximum Gasteiger partial charge on any atom is 0.153 e. The van der Waals surface area contributed by atoms with Gasteiger partial charge in [0, 0.05) is 5.39 Å². The summed E-state index contributed by atoms with van der Waals surface area (Å²) < 4.78 is 11.6. The molecule has 3 heteroatoms. The average molecular weight is 300 g/mol. The molecule has 2 rings (SSSR count). The first-order chi connectivity index (χ1) is 10.8. The van der Waals surface area contributed by atoms with E-state index in [4.69, 9.17) is 9.47 Å². The van der Waals surface area contributed by atoms with Gasteiger partial charge < -0.3 is 9.47 Å².